The standard InChI is InChI=1S/C16H25I/c1-12(2)11-15(3,4)13-7-9-14(10-8-13)16(5,6)17/h7-10,12H,11H2,1-6H3. The lowest BCUT2D eigenvalue weighted by Crippen LogP contribution is -2.20. The van der Waals surface area contributed by atoms with Gasteiger partial charge in [0.25, 0.3) is 0 Å². The number of rotatable bonds is 4. The van der Waals surface area contributed by atoms with E-state index in [9.17, 15) is 0 Å². The molecule has 0 aromatic heterocycles. The molecule has 0 fully saturated rings. The molecule has 0 bridgehead atoms. The van der Waals surface area contributed by atoms with E-state index >= 15 is 0 Å². The first kappa shape index (κ1) is 15.0. The van der Waals surface area contributed by atoms with Gasteiger partial charge >= 0.3 is 0 Å². The topological polar surface area (TPSA) is 0 Å². The molecular weight excluding hydrogens is 319 g/mol. The van der Waals surface area contributed by atoms with Gasteiger partial charge in [-0.1, -0.05) is 74.6 Å². The average Bonchev–Trinajstić information content (AvgIpc) is 2.14. The summed E-state index contributed by atoms with van der Waals surface area (Å²) in [6, 6.07) is 9.17. The summed E-state index contributed by atoms with van der Waals surface area (Å²) >= 11 is 2.50. The molecule has 0 radical (unpaired) electrons. The molecule has 0 N–H and O–H groups in total. The first-order chi connectivity index (χ1) is 7.63. The van der Waals surface area contributed by atoms with E-state index in [0.717, 1.165) is 5.92 Å². The van der Waals surface area contributed by atoms with Crippen molar-refractivity contribution >= 4 is 22.6 Å². The first-order valence-corrected chi connectivity index (χ1v) is 7.51. The summed E-state index contributed by atoms with van der Waals surface area (Å²) in [7, 11) is 0. The number of alkyl halides is 1. The summed E-state index contributed by atoms with van der Waals surface area (Å²) in [6.07, 6.45) is 1.24. The van der Waals surface area contributed by atoms with Crippen LogP contribution in [0.2, 0.25) is 0 Å². The highest BCUT2D eigenvalue weighted by molar-refractivity contribution is 14.1. The summed E-state index contributed by atoms with van der Waals surface area (Å²) in [5, 5.41) is 0. The summed E-state index contributed by atoms with van der Waals surface area (Å²) < 4.78 is 0.221. The average molecular weight is 344 g/mol. The summed E-state index contributed by atoms with van der Waals surface area (Å²) in [4.78, 5) is 0. The maximum absolute atomic E-state index is 2.50. The van der Waals surface area contributed by atoms with Crippen LogP contribution in [0.1, 0.15) is 59.1 Å². The van der Waals surface area contributed by atoms with E-state index < -0.39 is 0 Å². The number of hydrogen-bond acceptors (Lipinski definition) is 0. The normalized spacial score (nSPS) is 13.2. The minimum absolute atomic E-state index is 0.221. The van der Waals surface area contributed by atoms with Gasteiger partial charge < -0.3 is 0 Å². The maximum Gasteiger partial charge on any atom is 0.0414 e. The molecule has 0 heterocycles. The molecule has 1 aromatic rings. The zero-order chi connectivity index (χ0) is 13.3. The molecule has 0 saturated carbocycles. The fraction of sp³-hybridized carbons (Fsp3) is 0.625. The first-order valence-electron chi connectivity index (χ1n) is 6.43. The van der Waals surface area contributed by atoms with Crippen molar-refractivity contribution in [3.8, 4) is 0 Å². The zero-order valence-corrected chi connectivity index (χ0v) is 14.1. The Bertz CT molecular complexity index is 352. The van der Waals surface area contributed by atoms with Gasteiger partial charge in [0.1, 0.15) is 0 Å². The van der Waals surface area contributed by atoms with Gasteiger partial charge in [-0.05, 0) is 42.7 Å². The predicted molar refractivity (Wildman–Crippen MR) is 86.0 cm³/mol. The van der Waals surface area contributed by atoms with Crippen molar-refractivity contribution in [1.29, 1.82) is 0 Å². The monoisotopic (exact) mass is 344 g/mol. The van der Waals surface area contributed by atoms with E-state index in [1.807, 2.05) is 0 Å². The van der Waals surface area contributed by atoms with Gasteiger partial charge in [-0.2, -0.15) is 0 Å². The van der Waals surface area contributed by atoms with Gasteiger partial charge in [-0.25, -0.2) is 0 Å². The van der Waals surface area contributed by atoms with Crippen LogP contribution in [0.3, 0.4) is 0 Å². The molecule has 1 heteroatoms. The summed E-state index contributed by atoms with van der Waals surface area (Å²) in [5.74, 6) is 0.741. The van der Waals surface area contributed by atoms with E-state index in [-0.39, 0.29) is 8.84 Å². The lowest BCUT2D eigenvalue weighted by atomic mass is 9.77. The molecular formula is C16H25I. The number of halogens is 1. The van der Waals surface area contributed by atoms with Crippen LogP contribution in [-0.2, 0) is 8.84 Å². The third-order valence-electron chi connectivity index (χ3n) is 3.27. The van der Waals surface area contributed by atoms with Crippen LogP contribution in [-0.4, -0.2) is 0 Å². The van der Waals surface area contributed by atoms with Crippen molar-refractivity contribution in [3.63, 3.8) is 0 Å². The molecule has 0 aliphatic carbocycles. The van der Waals surface area contributed by atoms with E-state index in [1.165, 1.54) is 17.5 Å². The van der Waals surface area contributed by atoms with Gasteiger partial charge in [0, 0.05) is 3.42 Å². The van der Waals surface area contributed by atoms with E-state index in [0.29, 0.717) is 0 Å². The fourth-order valence-corrected chi connectivity index (χ4v) is 2.82. The Morgan fingerprint density at radius 2 is 1.35 bits per heavy atom. The van der Waals surface area contributed by atoms with Crippen molar-refractivity contribution < 1.29 is 0 Å². The fourth-order valence-electron chi connectivity index (χ4n) is 2.46. The van der Waals surface area contributed by atoms with Crippen LogP contribution in [0.15, 0.2) is 24.3 Å². The third-order valence-corrected chi connectivity index (χ3v) is 3.89. The second-order valence-electron chi connectivity index (χ2n) is 6.53. The molecule has 96 valence electrons. The van der Waals surface area contributed by atoms with Crippen molar-refractivity contribution in [1.82, 2.24) is 0 Å². The predicted octanol–water partition coefficient (Wildman–Crippen LogP) is 5.68. The highest BCUT2D eigenvalue weighted by Crippen LogP contribution is 2.34. The Balaban J connectivity index is 2.94. The summed E-state index contributed by atoms with van der Waals surface area (Å²) in [5.41, 5.74) is 3.14. The molecule has 0 nitrogen and oxygen atoms in total. The van der Waals surface area contributed by atoms with E-state index in [1.54, 1.807) is 0 Å². The molecule has 0 aliphatic heterocycles. The SMILES string of the molecule is CC(C)CC(C)(C)c1ccc(C(C)(C)I)cc1. The minimum atomic E-state index is 0.221. The van der Waals surface area contributed by atoms with E-state index in [2.05, 4.69) is 88.4 Å². The molecule has 0 saturated heterocycles. The van der Waals surface area contributed by atoms with E-state index in [4.69, 9.17) is 0 Å². The van der Waals surface area contributed by atoms with Crippen molar-refractivity contribution in [2.24, 2.45) is 5.92 Å². The van der Waals surface area contributed by atoms with Crippen molar-refractivity contribution in [2.75, 3.05) is 0 Å². The second kappa shape index (κ2) is 5.29. The molecule has 1 rings (SSSR count). The number of benzene rings is 1. The summed E-state index contributed by atoms with van der Waals surface area (Å²) in [6.45, 7) is 13.8. The second-order valence-corrected chi connectivity index (χ2v) is 9.23. The van der Waals surface area contributed by atoms with Gasteiger partial charge in [0.15, 0.2) is 0 Å². The van der Waals surface area contributed by atoms with Crippen LogP contribution in [0.25, 0.3) is 0 Å². The number of hydrogen-bond donors (Lipinski definition) is 0. The zero-order valence-electron chi connectivity index (χ0n) is 12.0. The minimum Gasteiger partial charge on any atom is -0.0743 e. The Morgan fingerprint density at radius 3 is 1.71 bits per heavy atom. The van der Waals surface area contributed by atoms with Gasteiger partial charge in [-0.3, -0.25) is 0 Å². The maximum atomic E-state index is 2.50. The molecule has 0 amide bonds. The highest BCUT2D eigenvalue weighted by Gasteiger charge is 2.23. The quantitative estimate of drug-likeness (QED) is 0.487. The van der Waals surface area contributed by atoms with Gasteiger partial charge in [0.05, 0.1) is 0 Å². The lowest BCUT2D eigenvalue weighted by molar-refractivity contribution is 0.399. The molecule has 0 aliphatic rings. The van der Waals surface area contributed by atoms with Crippen LogP contribution in [0.5, 0.6) is 0 Å². The molecule has 17 heavy (non-hydrogen) atoms. The van der Waals surface area contributed by atoms with Crippen LogP contribution in [0, 0.1) is 5.92 Å². The van der Waals surface area contributed by atoms with Crippen LogP contribution >= 0.6 is 22.6 Å². The largest absolute Gasteiger partial charge is 0.0743 e. The smallest absolute Gasteiger partial charge is 0.0414 e. The Kier molecular flexibility index (Phi) is 4.67. The van der Waals surface area contributed by atoms with Crippen molar-refractivity contribution in [3.05, 3.63) is 35.4 Å². The van der Waals surface area contributed by atoms with Crippen LogP contribution < -0.4 is 0 Å². The van der Waals surface area contributed by atoms with Gasteiger partial charge in [-0.15, -0.1) is 0 Å². The third kappa shape index (κ3) is 4.27. The Hall–Kier alpha value is -0.0500. The lowest BCUT2D eigenvalue weighted by Gasteiger charge is -2.28. The Morgan fingerprint density at radius 1 is 0.941 bits per heavy atom. The molecule has 0 spiro atoms. The molecule has 0 unspecified atom stereocenters. The van der Waals surface area contributed by atoms with Gasteiger partial charge in [0.2, 0.25) is 0 Å². The van der Waals surface area contributed by atoms with Crippen LogP contribution in [0.4, 0.5) is 0 Å². The Labute approximate surface area is 120 Å². The molecule has 0 atom stereocenters. The molecule has 1 aromatic carbocycles. The highest BCUT2D eigenvalue weighted by atomic mass is 127. The van der Waals surface area contributed by atoms with Crippen molar-refractivity contribution in [2.45, 2.75) is 56.8 Å².